The van der Waals surface area contributed by atoms with Crippen molar-refractivity contribution in [2.75, 3.05) is 6.61 Å². The van der Waals surface area contributed by atoms with E-state index in [1.54, 1.807) is 0 Å². The van der Waals surface area contributed by atoms with Crippen LogP contribution in [0.4, 0.5) is 0 Å². The fourth-order valence-corrected chi connectivity index (χ4v) is 0.533. The third-order valence-corrected chi connectivity index (χ3v) is 1.53. The summed E-state index contributed by atoms with van der Waals surface area (Å²) in [5.74, 6) is -0.322. The SMILES string of the molecule is C#CC(C)(C)CCOC(=O)C(=O)O. The second kappa shape index (κ2) is 4.51. The van der Waals surface area contributed by atoms with Crippen LogP contribution in [-0.2, 0) is 14.3 Å². The number of carboxylic acids is 1. The quantitative estimate of drug-likeness (QED) is 0.397. The van der Waals surface area contributed by atoms with Crippen molar-refractivity contribution in [3.05, 3.63) is 0 Å². The summed E-state index contributed by atoms with van der Waals surface area (Å²) in [7, 11) is 0. The van der Waals surface area contributed by atoms with Crippen molar-refractivity contribution in [1.82, 2.24) is 0 Å². The Hall–Kier alpha value is -1.50. The summed E-state index contributed by atoms with van der Waals surface area (Å²) in [6, 6.07) is 0. The van der Waals surface area contributed by atoms with Crippen LogP contribution in [0.3, 0.4) is 0 Å². The van der Waals surface area contributed by atoms with Gasteiger partial charge in [0.25, 0.3) is 0 Å². The summed E-state index contributed by atoms with van der Waals surface area (Å²) >= 11 is 0. The number of hydrogen-bond acceptors (Lipinski definition) is 3. The van der Waals surface area contributed by atoms with Crippen molar-refractivity contribution < 1.29 is 19.4 Å². The van der Waals surface area contributed by atoms with Crippen molar-refractivity contribution >= 4 is 11.9 Å². The number of rotatable bonds is 3. The van der Waals surface area contributed by atoms with Crippen molar-refractivity contribution in [2.45, 2.75) is 20.3 Å². The van der Waals surface area contributed by atoms with E-state index in [-0.39, 0.29) is 12.0 Å². The zero-order chi connectivity index (χ0) is 10.5. The first-order valence-corrected chi connectivity index (χ1v) is 3.77. The number of carbonyl (C=O) groups excluding carboxylic acids is 1. The van der Waals surface area contributed by atoms with Crippen molar-refractivity contribution in [2.24, 2.45) is 5.41 Å². The normalized spacial score (nSPS) is 10.2. The third-order valence-electron chi connectivity index (χ3n) is 1.53. The molecule has 0 aliphatic rings. The van der Waals surface area contributed by atoms with Crippen LogP contribution < -0.4 is 0 Å². The van der Waals surface area contributed by atoms with Gasteiger partial charge in [0.1, 0.15) is 0 Å². The lowest BCUT2D eigenvalue weighted by atomic mass is 9.91. The van der Waals surface area contributed by atoms with Gasteiger partial charge in [0.15, 0.2) is 0 Å². The van der Waals surface area contributed by atoms with Gasteiger partial charge in [-0.05, 0) is 20.3 Å². The summed E-state index contributed by atoms with van der Waals surface area (Å²) in [4.78, 5) is 20.5. The highest BCUT2D eigenvalue weighted by molar-refractivity contribution is 6.28. The van der Waals surface area contributed by atoms with Crippen LogP contribution in [0.15, 0.2) is 0 Å². The van der Waals surface area contributed by atoms with Gasteiger partial charge in [0, 0.05) is 5.41 Å². The molecule has 0 rings (SSSR count). The minimum atomic E-state index is -1.58. The first-order valence-electron chi connectivity index (χ1n) is 3.77. The van der Waals surface area contributed by atoms with Crippen LogP contribution in [0.1, 0.15) is 20.3 Å². The Balaban J connectivity index is 3.77. The lowest BCUT2D eigenvalue weighted by Gasteiger charge is -2.15. The molecule has 4 heteroatoms. The van der Waals surface area contributed by atoms with Crippen LogP contribution in [-0.4, -0.2) is 23.7 Å². The van der Waals surface area contributed by atoms with Crippen LogP contribution in [0.2, 0.25) is 0 Å². The number of esters is 1. The van der Waals surface area contributed by atoms with Gasteiger partial charge < -0.3 is 9.84 Å². The molecular formula is C9H12O4. The van der Waals surface area contributed by atoms with E-state index in [4.69, 9.17) is 11.5 Å². The summed E-state index contributed by atoms with van der Waals surface area (Å²) in [5, 5.41) is 8.15. The fourth-order valence-electron chi connectivity index (χ4n) is 0.533. The Bertz CT molecular complexity index is 247. The summed E-state index contributed by atoms with van der Waals surface area (Å²) < 4.78 is 4.41. The van der Waals surface area contributed by atoms with E-state index in [1.165, 1.54) is 0 Å². The second-order valence-electron chi connectivity index (χ2n) is 3.22. The molecule has 0 aliphatic carbocycles. The molecule has 0 aliphatic heterocycles. The Morgan fingerprint density at radius 2 is 2.08 bits per heavy atom. The van der Waals surface area contributed by atoms with Gasteiger partial charge in [-0.25, -0.2) is 9.59 Å². The number of aliphatic carboxylic acids is 1. The Morgan fingerprint density at radius 3 is 2.46 bits per heavy atom. The summed E-state index contributed by atoms with van der Waals surface area (Å²) in [6.07, 6.45) is 5.62. The van der Waals surface area contributed by atoms with Gasteiger partial charge in [-0.1, -0.05) is 0 Å². The van der Waals surface area contributed by atoms with Gasteiger partial charge >= 0.3 is 11.9 Å². The van der Waals surface area contributed by atoms with Crippen LogP contribution in [0.25, 0.3) is 0 Å². The van der Waals surface area contributed by atoms with Gasteiger partial charge in [-0.15, -0.1) is 12.3 Å². The molecular weight excluding hydrogens is 172 g/mol. The van der Waals surface area contributed by atoms with E-state index in [2.05, 4.69) is 10.7 Å². The van der Waals surface area contributed by atoms with E-state index >= 15 is 0 Å². The molecule has 13 heavy (non-hydrogen) atoms. The molecule has 0 bridgehead atoms. The lowest BCUT2D eigenvalue weighted by molar-refractivity contribution is -0.164. The molecule has 0 aromatic rings. The number of carboxylic acid groups (broad SMARTS) is 1. The average molecular weight is 184 g/mol. The van der Waals surface area contributed by atoms with Gasteiger partial charge in [0.2, 0.25) is 0 Å². The third kappa shape index (κ3) is 4.86. The average Bonchev–Trinajstić information content (AvgIpc) is 2.04. The molecule has 0 spiro atoms. The molecule has 72 valence electrons. The lowest BCUT2D eigenvalue weighted by Crippen LogP contribution is -2.19. The minimum absolute atomic E-state index is 0.0301. The first kappa shape index (κ1) is 11.5. The maximum atomic E-state index is 10.4. The Labute approximate surface area is 76.9 Å². The fraction of sp³-hybridized carbons (Fsp3) is 0.556. The van der Waals surface area contributed by atoms with Crippen LogP contribution in [0, 0.1) is 17.8 Å². The summed E-state index contributed by atoms with van der Waals surface area (Å²) in [5.41, 5.74) is -0.376. The maximum Gasteiger partial charge on any atom is 0.417 e. The molecule has 0 atom stereocenters. The highest BCUT2D eigenvalue weighted by atomic mass is 16.6. The number of ether oxygens (including phenoxy) is 1. The van der Waals surface area contributed by atoms with Crippen LogP contribution >= 0.6 is 0 Å². The van der Waals surface area contributed by atoms with Crippen LogP contribution in [0.5, 0.6) is 0 Å². The van der Waals surface area contributed by atoms with E-state index in [0.29, 0.717) is 6.42 Å². The molecule has 0 unspecified atom stereocenters. The molecule has 0 fully saturated rings. The molecule has 0 saturated carbocycles. The molecule has 0 saturated heterocycles. The largest absolute Gasteiger partial charge is 0.473 e. The number of carbonyl (C=O) groups is 2. The Kier molecular flexibility index (Phi) is 3.99. The molecule has 0 radical (unpaired) electrons. The monoisotopic (exact) mass is 184 g/mol. The van der Waals surface area contributed by atoms with E-state index in [1.807, 2.05) is 13.8 Å². The highest BCUT2D eigenvalue weighted by Crippen LogP contribution is 2.17. The standard InChI is InChI=1S/C9H12O4/c1-4-9(2,3)5-6-13-8(12)7(10)11/h1H,5-6H2,2-3H3,(H,10,11). The number of terminal acetylenes is 1. The zero-order valence-corrected chi connectivity index (χ0v) is 7.66. The molecule has 4 nitrogen and oxygen atoms in total. The highest BCUT2D eigenvalue weighted by Gasteiger charge is 2.17. The van der Waals surface area contributed by atoms with E-state index < -0.39 is 11.9 Å². The van der Waals surface area contributed by atoms with E-state index in [9.17, 15) is 9.59 Å². The van der Waals surface area contributed by atoms with Crippen molar-refractivity contribution in [1.29, 1.82) is 0 Å². The minimum Gasteiger partial charge on any atom is -0.473 e. The number of hydrogen-bond donors (Lipinski definition) is 1. The predicted molar refractivity (Wildman–Crippen MR) is 45.8 cm³/mol. The molecule has 1 N–H and O–H groups in total. The van der Waals surface area contributed by atoms with E-state index in [0.717, 1.165) is 0 Å². The van der Waals surface area contributed by atoms with Crippen molar-refractivity contribution in [3.63, 3.8) is 0 Å². The molecule has 0 amide bonds. The molecule has 0 aromatic heterocycles. The predicted octanol–water partition coefficient (Wildman–Crippen LogP) is 0.664. The summed E-state index contributed by atoms with van der Waals surface area (Å²) in [6.45, 7) is 3.64. The second-order valence-corrected chi connectivity index (χ2v) is 3.22. The van der Waals surface area contributed by atoms with Gasteiger partial charge in [-0.2, -0.15) is 0 Å². The maximum absolute atomic E-state index is 10.4. The Morgan fingerprint density at radius 1 is 1.54 bits per heavy atom. The first-order chi connectivity index (χ1) is 5.89. The molecule has 0 heterocycles. The van der Waals surface area contributed by atoms with Gasteiger partial charge in [-0.3, -0.25) is 0 Å². The smallest absolute Gasteiger partial charge is 0.417 e. The topological polar surface area (TPSA) is 63.6 Å². The van der Waals surface area contributed by atoms with Gasteiger partial charge in [0.05, 0.1) is 6.61 Å². The van der Waals surface area contributed by atoms with Crippen molar-refractivity contribution in [3.8, 4) is 12.3 Å². The molecule has 0 aromatic carbocycles. The zero-order valence-electron chi connectivity index (χ0n) is 7.66.